The molecule has 1 heterocycles. The van der Waals surface area contributed by atoms with Crippen LogP contribution in [0.25, 0.3) is 0 Å². The number of nitrogens with zero attached hydrogens (tertiary/aromatic N) is 2. The zero-order valence-corrected chi connectivity index (χ0v) is 6.93. The van der Waals surface area contributed by atoms with E-state index in [1.165, 1.54) is 10.9 Å². The summed E-state index contributed by atoms with van der Waals surface area (Å²) in [6.45, 7) is 5.79. The Morgan fingerprint density at radius 2 is 2.09 bits per heavy atom. The molecule has 11 heavy (non-hydrogen) atoms. The lowest BCUT2D eigenvalue weighted by atomic mass is 10.1. The molecular formula is C7H12FN3. The quantitative estimate of drug-likeness (QED) is 0.618. The van der Waals surface area contributed by atoms with Crippen molar-refractivity contribution < 1.29 is 4.39 Å². The Morgan fingerprint density at radius 3 is 2.27 bits per heavy atom. The highest BCUT2D eigenvalue weighted by atomic mass is 19.1. The lowest BCUT2D eigenvalue weighted by Crippen LogP contribution is -2.22. The van der Waals surface area contributed by atoms with E-state index in [9.17, 15) is 4.39 Å². The van der Waals surface area contributed by atoms with Crippen molar-refractivity contribution in [1.82, 2.24) is 9.78 Å². The van der Waals surface area contributed by atoms with Crippen LogP contribution in [0.15, 0.2) is 6.20 Å². The summed E-state index contributed by atoms with van der Waals surface area (Å²) in [7, 11) is 0. The third kappa shape index (κ3) is 1.50. The lowest BCUT2D eigenvalue weighted by molar-refractivity contribution is 0.342. The molecule has 0 bridgehead atoms. The number of nitrogen functional groups attached to an aromatic ring is 1. The Hall–Kier alpha value is -1.06. The van der Waals surface area contributed by atoms with Crippen molar-refractivity contribution in [2.24, 2.45) is 0 Å². The highest BCUT2D eigenvalue weighted by Crippen LogP contribution is 2.16. The summed E-state index contributed by atoms with van der Waals surface area (Å²) in [5.41, 5.74) is 5.17. The topological polar surface area (TPSA) is 43.8 Å². The summed E-state index contributed by atoms with van der Waals surface area (Å²) in [6, 6.07) is 0. The van der Waals surface area contributed by atoms with Crippen LogP contribution in [0.5, 0.6) is 0 Å². The molecular weight excluding hydrogens is 145 g/mol. The normalized spacial score (nSPS) is 12.0. The molecule has 1 aromatic heterocycles. The van der Waals surface area contributed by atoms with E-state index in [-0.39, 0.29) is 11.2 Å². The zero-order chi connectivity index (χ0) is 8.65. The highest BCUT2D eigenvalue weighted by molar-refractivity contribution is 5.32. The third-order valence-electron chi connectivity index (χ3n) is 1.38. The van der Waals surface area contributed by atoms with Gasteiger partial charge in [-0.15, -0.1) is 5.10 Å². The molecule has 0 atom stereocenters. The molecule has 0 aliphatic rings. The lowest BCUT2D eigenvalue weighted by Gasteiger charge is -2.18. The van der Waals surface area contributed by atoms with E-state index in [1.54, 1.807) is 0 Å². The summed E-state index contributed by atoms with van der Waals surface area (Å²) < 4.78 is 14.1. The smallest absolute Gasteiger partial charge is 0.255 e. The summed E-state index contributed by atoms with van der Waals surface area (Å²) in [6.07, 6.45) is 1.50. The molecule has 4 heteroatoms. The minimum atomic E-state index is -0.597. The van der Waals surface area contributed by atoms with E-state index in [2.05, 4.69) is 5.10 Å². The fraction of sp³-hybridized carbons (Fsp3) is 0.571. The van der Waals surface area contributed by atoms with Crippen LogP contribution in [0.4, 0.5) is 10.1 Å². The molecule has 1 aromatic rings. The molecule has 3 nitrogen and oxygen atoms in total. The van der Waals surface area contributed by atoms with Gasteiger partial charge in [-0.3, -0.25) is 4.68 Å². The molecule has 2 N–H and O–H groups in total. The SMILES string of the molecule is CC(C)(C)n1cc(N)c(F)n1. The van der Waals surface area contributed by atoms with Gasteiger partial charge in [0.25, 0.3) is 5.95 Å². The second-order valence-corrected chi connectivity index (χ2v) is 3.49. The van der Waals surface area contributed by atoms with Crippen molar-refractivity contribution in [1.29, 1.82) is 0 Å². The van der Waals surface area contributed by atoms with Gasteiger partial charge < -0.3 is 5.73 Å². The van der Waals surface area contributed by atoms with Gasteiger partial charge in [-0.2, -0.15) is 4.39 Å². The number of rotatable bonds is 0. The summed E-state index contributed by atoms with van der Waals surface area (Å²) >= 11 is 0. The van der Waals surface area contributed by atoms with Crippen molar-refractivity contribution in [2.45, 2.75) is 26.3 Å². The van der Waals surface area contributed by atoms with E-state index in [0.29, 0.717) is 0 Å². The molecule has 0 radical (unpaired) electrons. The first-order valence-electron chi connectivity index (χ1n) is 3.42. The van der Waals surface area contributed by atoms with Gasteiger partial charge >= 0.3 is 0 Å². The molecule has 62 valence electrons. The van der Waals surface area contributed by atoms with Gasteiger partial charge in [0.1, 0.15) is 5.69 Å². The molecule has 0 unspecified atom stereocenters. The summed E-state index contributed by atoms with van der Waals surface area (Å²) in [4.78, 5) is 0. The van der Waals surface area contributed by atoms with Crippen molar-refractivity contribution in [3.63, 3.8) is 0 Å². The van der Waals surface area contributed by atoms with Crippen LogP contribution in [-0.4, -0.2) is 9.78 Å². The second kappa shape index (κ2) is 2.22. The van der Waals surface area contributed by atoms with Gasteiger partial charge in [-0.25, -0.2) is 0 Å². The van der Waals surface area contributed by atoms with Gasteiger partial charge in [0.15, 0.2) is 0 Å². The van der Waals surface area contributed by atoms with Gasteiger partial charge in [0.05, 0.1) is 11.7 Å². The molecule has 0 aliphatic heterocycles. The molecule has 0 aliphatic carbocycles. The predicted octanol–water partition coefficient (Wildman–Crippen LogP) is 1.36. The fourth-order valence-corrected chi connectivity index (χ4v) is 0.710. The Morgan fingerprint density at radius 1 is 1.55 bits per heavy atom. The van der Waals surface area contributed by atoms with Crippen molar-refractivity contribution in [3.05, 3.63) is 12.1 Å². The highest BCUT2D eigenvalue weighted by Gasteiger charge is 2.16. The van der Waals surface area contributed by atoms with E-state index >= 15 is 0 Å². The largest absolute Gasteiger partial charge is 0.394 e. The van der Waals surface area contributed by atoms with Gasteiger partial charge in [-0.1, -0.05) is 0 Å². The number of hydrogen-bond acceptors (Lipinski definition) is 2. The van der Waals surface area contributed by atoms with Crippen LogP contribution in [-0.2, 0) is 5.54 Å². The number of anilines is 1. The van der Waals surface area contributed by atoms with Crippen LogP contribution < -0.4 is 5.73 Å². The van der Waals surface area contributed by atoms with Gasteiger partial charge in [-0.05, 0) is 20.8 Å². The Bertz CT molecular complexity index is 240. The van der Waals surface area contributed by atoms with Crippen LogP contribution >= 0.6 is 0 Å². The first-order valence-corrected chi connectivity index (χ1v) is 3.42. The van der Waals surface area contributed by atoms with Crippen molar-refractivity contribution in [3.8, 4) is 0 Å². The first kappa shape index (κ1) is 8.04. The second-order valence-electron chi connectivity index (χ2n) is 3.49. The molecule has 0 spiro atoms. The average molecular weight is 157 g/mol. The molecule has 1 rings (SSSR count). The Balaban J connectivity index is 3.08. The van der Waals surface area contributed by atoms with Gasteiger partial charge in [0.2, 0.25) is 0 Å². The van der Waals surface area contributed by atoms with Crippen LogP contribution in [0.1, 0.15) is 20.8 Å². The molecule has 0 aromatic carbocycles. The van der Waals surface area contributed by atoms with E-state index < -0.39 is 5.95 Å². The van der Waals surface area contributed by atoms with Crippen molar-refractivity contribution >= 4 is 5.69 Å². The van der Waals surface area contributed by atoms with E-state index in [0.717, 1.165) is 0 Å². The van der Waals surface area contributed by atoms with Crippen LogP contribution in [0.2, 0.25) is 0 Å². The summed E-state index contributed by atoms with van der Waals surface area (Å²) in [5, 5.41) is 3.61. The number of aromatic nitrogens is 2. The van der Waals surface area contributed by atoms with Crippen LogP contribution in [0, 0.1) is 5.95 Å². The molecule has 0 amide bonds. The Kier molecular flexibility index (Phi) is 1.62. The maximum atomic E-state index is 12.6. The first-order chi connectivity index (χ1) is 4.91. The predicted molar refractivity (Wildman–Crippen MR) is 41.6 cm³/mol. The monoisotopic (exact) mass is 157 g/mol. The summed E-state index contributed by atoms with van der Waals surface area (Å²) in [5.74, 6) is -0.597. The Labute approximate surface area is 65.0 Å². The zero-order valence-electron chi connectivity index (χ0n) is 6.93. The standard InChI is InChI=1S/C7H12FN3/c1-7(2,3)11-4-5(9)6(8)10-11/h4H,9H2,1-3H3. The maximum absolute atomic E-state index is 12.6. The van der Waals surface area contributed by atoms with E-state index in [1.807, 2.05) is 20.8 Å². The average Bonchev–Trinajstić information content (AvgIpc) is 2.11. The third-order valence-corrected chi connectivity index (χ3v) is 1.38. The van der Waals surface area contributed by atoms with Crippen LogP contribution in [0.3, 0.4) is 0 Å². The van der Waals surface area contributed by atoms with Gasteiger partial charge in [0, 0.05) is 0 Å². The number of halogens is 1. The minimum Gasteiger partial charge on any atom is -0.394 e. The molecule has 0 fully saturated rings. The number of hydrogen-bond donors (Lipinski definition) is 1. The van der Waals surface area contributed by atoms with Crippen molar-refractivity contribution in [2.75, 3.05) is 5.73 Å². The van der Waals surface area contributed by atoms with E-state index in [4.69, 9.17) is 5.73 Å². The molecule has 0 saturated carbocycles. The fourth-order valence-electron chi connectivity index (χ4n) is 0.710. The number of nitrogens with two attached hydrogens (primary N) is 1. The molecule has 0 saturated heterocycles. The maximum Gasteiger partial charge on any atom is 0.255 e. The minimum absolute atomic E-state index is 0.0972.